The molecule has 1 aromatic carbocycles. The fourth-order valence-electron chi connectivity index (χ4n) is 1.22. The lowest BCUT2D eigenvalue weighted by Crippen LogP contribution is -2.04. The van der Waals surface area contributed by atoms with E-state index in [1.165, 1.54) is 24.8 Å². The lowest BCUT2D eigenvalue weighted by molar-refractivity contribution is -0.137. The van der Waals surface area contributed by atoms with Crippen LogP contribution in [0.1, 0.15) is 18.9 Å². The van der Waals surface area contributed by atoms with Gasteiger partial charge in [0.1, 0.15) is 5.78 Å². The molecule has 0 N–H and O–H groups in total. The maximum absolute atomic E-state index is 12.4. The molecule has 0 amide bonds. The molecule has 0 aliphatic carbocycles. The number of carbonyl (C=O) groups excluding carboxylic acids is 1. The lowest BCUT2D eigenvalue weighted by atomic mass is 10.2. The van der Waals surface area contributed by atoms with Gasteiger partial charge < -0.3 is 0 Å². The number of benzene rings is 1. The molecule has 0 aromatic heterocycles. The standard InChI is InChI=1S/C13H13F3OS/c1-10(17)5-2-3-8-18-12-7-4-6-11(9-12)13(14,15)16/h2-4,6-7,9H,5,8H2,1H3/b3-2+. The molecule has 0 unspecified atom stereocenters. The van der Waals surface area contributed by atoms with Crippen LogP contribution in [0, 0.1) is 0 Å². The monoisotopic (exact) mass is 274 g/mol. The molecule has 0 bridgehead atoms. The van der Waals surface area contributed by atoms with Crippen LogP contribution in [0.2, 0.25) is 0 Å². The van der Waals surface area contributed by atoms with Crippen LogP contribution in [-0.4, -0.2) is 11.5 Å². The molecule has 0 fully saturated rings. The highest BCUT2D eigenvalue weighted by molar-refractivity contribution is 7.99. The second-order valence-electron chi connectivity index (χ2n) is 3.71. The predicted octanol–water partition coefficient (Wildman–Crippen LogP) is 4.33. The SMILES string of the molecule is CC(=O)C/C=C/CSc1cccc(C(F)(F)F)c1. The van der Waals surface area contributed by atoms with Gasteiger partial charge in [-0.05, 0) is 25.1 Å². The van der Waals surface area contributed by atoms with Gasteiger partial charge in [-0.2, -0.15) is 13.2 Å². The van der Waals surface area contributed by atoms with Crippen LogP contribution >= 0.6 is 11.8 Å². The number of hydrogen-bond acceptors (Lipinski definition) is 2. The van der Waals surface area contributed by atoms with Gasteiger partial charge in [0.2, 0.25) is 0 Å². The Labute approximate surface area is 108 Å². The molecule has 0 atom stereocenters. The number of thioether (sulfide) groups is 1. The molecule has 0 aliphatic rings. The molecule has 18 heavy (non-hydrogen) atoms. The van der Waals surface area contributed by atoms with Crippen molar-refractivity contribution < 1.29 is 18.0 Å². The van der Waals surface area contributed by atoms with Gasteiger partial charge in [0, 0.05) is 17.1 Å². The third kappa shape index (κ3) is 5.40. The molecule has 1 aromatic rings. The number of Topliss-reactive ketones (excluding diaryl/α,β-unsaturated/α-hetero) is 1. The van der Waals surface area contributed by atoms with E-state index in [0.717, 1.165) is 12.1 Å². The molecule has 0 radical (unpaired) electrons. The van der Waals surface area contributed by atoms with Crippen molar-refractivity contribution in [3.8, 4) is 0 Å². The van der Waals surface area contributed by atoms with Crippen LogP contribution < -0.4 is 0 Å². The van der Waals surface area contributed by atoms with Crippen molar-refractivity contribution in [2.45, 2.75) is 24.4 Å². The summed E-state index contributed by atoms with van der Waals surface area (Å²) in [6.45, 7) is 1.49. The number of hydrogen-bond donors (Lipinski definition) is 0. The molecule has 1 nitrogen and oxygen atoms in total. The molecule has 0 saturated carbocycles. The Morgan fingerprint density at radius 1 is 1.33 bits per heavy atom. The fourth-order valence-corrected chi connectivity index (χ4v) is 2.03. The van der Waals surface area contributed by atoms with Crippen molar-refractivity contribution in [1.29, 1.82) is 0 Å². The average Bonchev–Trinajstić information content (AvgIpc) is 2.27. The summed E-state index contributed by atoms with van der Waals surface area (Å²) in [4.78, 5) is 11.2. The van der Waals surface area contributed by atoms with E-state index in [1.807, 2.05) is 0 Å². The first kappa shape index (κ1) is 14.8. The van der Waals surface area contributed by atoms with E-state index in [4.69, 9.17) is 0 Å². The van der Waals surface area contributed by atoms with Gasteiger partial charge in [-0.25, -0.2) is 0 Å². The van der Waals surface area contributed by atoms with Crippen LogP contribution in [0.25, 0.3) is 0 Å². The molecule has 0 spiro atoms. The summed E-state index contributed by atoms with van der Waals surface area (Å²) in [6, 6.07) is 5.21. The zero-order chi connectivity index (χ0) is 13.6. The number of halogens is 3. The Balaban J connectivity index is 2.53. The minimum Gasteiger partial charge on any atom is -0.300 e. The zero-order valence-electron chi connectivity index (χ0n) is 9.83. The van der Waals surface area contributed by atoms with Crippen LogP contribution in [0.5, 0.6) is 0 Å². The van der Waals surface area contributed by atoms with Crippen LogP contribution in [0.15, 0.2) is 41.3 Å². The third-order valence-corrected chi connectivity index (χ3v) is 3.03. The van der Waals surface area contributed by atoms with Gasteiger partial charge in [-0.3, -0.25) is 4.79 Å². The summed E-state index contributed by atoms with van der Waals surface area (Å²) in [7, 11) is 0. The fraction of sp³-hybridized carbons (Fsp3) is 0.308. The summed E-state index contributed by atoms with van der Waals surface area (Å²) in [6.07, 6.45) is -0.431. The Morgan fingerprint density at radius 3 is 2.67 bits per heavy atom. The van der Waals surface area contributed by atoms with Gasteiger partial charge in [-0.1, -0.05) is 18.2 Å². The normalized spacial score (nSPS) is 12.0. The third-order valence-electron chi connectivity index (χ3n) is 2.08. The van der Waals surface area contributed by atoms with E-state index < -0.39 is 11.7 Å². The first-order chi connectivity index (χ1) is 8.39. The van der Waals surface area contributed by atoms with Gasteiger partial charge in [0.05, 0.1) is 5.56 Å². The molecule has 0 aliphatic heterocycles. The molecule has 1 rings (SSSR count). The van der Waals surface area contributed by atoms with Crippen molar-refractivity contribution in [3.63, 3.8) is 0 Å². The first-order valence-electron chi connectivity index (χ1n) is 5.34. The molecular formula is C13H13F3OS. The van der Waals surface area contributed by atoms with Crippen molar-refractivity contribution in [2.24, 2.45) is 0 Å². The van der Waals surface area contributed by atoms with Crippen molar-refractivity contribution in [1.82, 2.24) is 0 Å². The largest absolute Gasteiger partial charge is 0.416 e. The maximum atomic E-state index is 12.4. The van der Waals surface area contributed by atoms with Gasteiger partial charge in [0.15, 0.2) is 0 Å². The molecule has 0 saturated heterocycles. The topological polar surface area (TPSA) is 17.1 Å². The molecule has 98 valence electrons. The number of alkyl halides is 3. The Bertz CT molecular complexity index is 438. The van der Waals surface area contributed by atoms with Crippen molar-refractivity contribution in [3.05, 3.63) is 42.0 Å². The first-order valence-corrected chi connectivity index (χ1v) is 6.32. The van der Waals surface area contributed by atoms with Crippen molar-refractivity contribution >= 4 is 17.5 Å². The second-order valence-corrected chi connectivity index (χ2v) is 4.81. The highest BCUT2D eigenvalue weighted by Gasteiger charge is 2.30. The number of allylic oxidation sites excluding steroid dienone is 1. The van der Waals surface area contributed by atoms with E-state index in [1.54, 1.807) is 18.2 Å². The summed E-state index contributed by atoms with van der Waals surface area (Å²) in [5, 5.41) is 0. The highest BCUT2D eigenvalue weighted by atomic mass is 32.2. The summed E-state index contributed by atoms with van der Waals surface area (Å²) in [5.41, 5.74) is -0.639. The van der Waals surface area contributed by atoms with E-state index in [2.05, 4.69) is 0 Å². The predicted molar refractivity (Wildman–Crippen MR) is 66.6 cm³/mol. The summed E-state index contributed by atoms with van der Waals surface area (Å²) < 4.78 is 37.3. The molecule has 0 heterocycles. The maximum Gasteiger partial charge on any atom is 0.416 e. The second kappa shape index (κ2) is 6.64. The van der Waals surface area contributed by atoms with Crippen LogP contribution in [0.3, 0.4) is 0 Å². The van der Waals surface area contributed by atoms with E-state index in [9.17, 15) is 18.0 Å². The Kier molecular flexibility index (Phi) is 5.47. The molecule has 5 heteroatoms. The van der Waals surface area contributed by atoms with Crippen molar-refractivity contribution in [2.75, 3.05) is 5.75 Å². The zero-order valence-corrected chi connectivity index (χ0v) is 10.6. The number of ketones is 1. The van der Waals surface area contributed by atoms with Gasteiger partial charge in [0.25, 0.3) is 0 Å². The van der Waals surface area contributed by atoms with Gasteiger partial charge >= 0.3 is 6.18 Å². The van der Waals surface area contributed by atoms with Gasteiger partial charge in [-0.15, -0.1) is 11.8 Å². The summed E-state index contributed by atoms with van der Waals surface area (Å²) in [5.74, 6) is 0.615. The Morgan fingerprint density at radius 2 is 2.06 bits per heavy atom. The van der Waals surface area contributed by atoms with E-state index >= 15 is 0 Å². The van der Waals surface area contributed by atoms with E-state index in [-0.39, 0.29) is 5.78 Å². The quantitative estimate of drug-likeness (QED) is 0.587. The van der Waals surface area contributed by atoms with Crippen LogP contribution in [0.4, 0.5) is 13.2 Å². The minimum atomic E-state index is -4.30. The lowest BCUT2D eigenvalue weighted by Gasteiger charge is -2.07. The minimum absolute atomic E-state index is 0.0651. The highest BCUT2D eigenvalue weighted by Crippen LogP contribution is 2.31. The van der Waals surface area contributed by atoms with Crippen LogP contribution in [-0.2, 0) is 11.0 Å². The number of carbonyl (C=O) groups is 1. The smallest absolute Gasteiger partial charge is 0.300 e. The number of rotatable bonds is 5. The average molecular weight is 274 g/mol. The molecular weight excluding hydrogens is 261 g/mol. The Hall–Kier alpha value is -1.23. The summed E-state index contributed by atoms with van der Waals surface area (Å²) >= 11 is 1.30. The van der Waals surface area contributed by atoms with E-state index in [0.29, 0.717) is 17.1 Å².